The zero-order valence-corrected chi connectivity index (χ0v) is 13.0. The van der Waals surface area contributed by atoms with Crippen LogP contribution in [0.4, 0.5) is 0 Å². The molecule has 0 bridgehead atoms. The molecule has 1 aromatic heterocycles. The number of nitrogens with zero attached hydrogens (tertiary/aromatic N) is 1. The number of hydrogen-bond donors (Lipinski definition) is 4. The molecule has 1 aliphatic rings. The summed E-state index contributed by atoms with van der Waals surface area (Å²) in [5.74, 6) is 0. The number of hydrogen-bond acceptors (Lipinski definition) is 6. The molecule has 104 valence electrons. The van der Waals surface area contributed by atoms with Crippen LogP contribution in [0.15, 0.2) is 15.8 Å². The van der Waals surface area contributed by atoms with E-state index < -0.39 is 42.3 Å². The van der Waals surface area contributed by atoms with Crippen LogP contribution in [0.2, 0.25) is 0 Å². The normalized spacial score (nSPS) is 30.1. The second-order valence-corrected chi connectivity index (χ2v) is 4.17. The molecular formula is C10H14N2O6Sn. The standard InChI is InChI=1S/C10H14N2O6.Sn/c1-12-9(16)4(2-11-10(12)17)8-7(15)6(14)5(3-13)18-8;/h2,5-8,13-15H,3H2,1H3,(H,11,17);/t5-,6-,7-,8+;/m1./s1. The Balaban J connectivity index is 0.00000180. The van der Waals surface area contributed by atoms with Gasteiger partial charge in [0.25, 0.3) is 5.56 Å². The van der Waals surface area contributed by atoms with Gasteiger partial charge in [-0.3, -0.25) is 9.36 Å². The molecule has 0 amide bonds. The van der Waals surface area contributed by atoms with Crippen molar-refractivity contribution in [2.45, 2.75) is 24.4 Å². The van der Waals surface area contributed by atoms with Crippen LogP contribution in [0.5, 0.6) is 0 Å². The summed E-state index contributed by atoms with van der Waals surface area (Å²) in [6.07, 6.45) is -3.50. The Kier molecular flexibility index (Phi) is 5.33. The van der Waals surface area contributed by atoms with Crippen LogP contribution in [0.25, 0.3) is 0 Å². The molecule has 4 atom stereocenters. The summed E-state index contributed by atoms with van der Waals surface area (Å²) in [6, 6.07) is 0. The van der Waals surface area contributed by atoms with Gasteiger partial charge in [0.05, 0.1) is 12.2 Å². The van der Waals surface area contributed by atoms with E-state index in [9.17, 15) is 19.8 Å². The minimum absolute atomic E-state index is 0. The third-order valence-electron chi connectivity index (χ3n) is 3.06. The number of aliphatic hydroxyl groups is 3. The Labute approximate surface area is 124 Å². The van der Waals surface area contributed by atoms with Gasteiger partial charge in [-0.2, -0.15) is 0 Å². The molecule has 0 aliphatic carbocycles. The number of ether oxygens (including phenoxy) is 1. The molecule has 2 rings (SSSR count). The molecule has 2 heterocycles. The van der Waals surface area contributed by atoms with Crippen molar-refractivity contribution in [3.63, 3.8) is 0 Å². The van der Waals surface area contributed by atoms with Crippen LogP contribution >= 0.6 is 0 Å². The number of rotatable bonds is 2. The molecule has 0 saturated carbocycles. The van der Waals surface area contributed by atoms with Gasteiger partial charge in [-0.25, -0.2) is 4.79 Å². The summed E-state index contributed by atoms with van der Waals surface area (Å²) in [5, 5.41) is 28.3. The van der Waals surface area contributed by atoms with Gasteiger partial charge in [0.1, 0.15) is 24.4 Å². The average molecular weight is 377 g/mol. The van der Waals surface area contributed by atoms with Gasteiger partial charge in [0, 0.05) is 37.2 Å². The molecule has 8 nitrogen and oxygen atoms in total. The Morgan fingerprint density at radius 1 is 1.37 bits per heavy atom. The molecule has 1 fully saturated rings. The fraction of sp³-hybridized carbons (Fsp3) is 0.600. The van der Waals surface area contributed by atoms with Gasteiger partial charge in [-0.1, -0.05) is 0 Å². The molecule has 4 N–H and O–H groups in total. The van der Waals surface area contributed by atoms with Crippen molar-refractivity contribution < 1.29 is 20.1 Å². The summed E-state index contributed by atoms with van der Waals surface area (Å²) in [5.41, 5.74) is -1.18. The summed E-state index contributed by atoms with van der Waals surface area (Å²) >= 11 is 0. The van der Waals surface area contributed by atoms with Crippen LogP contribution in [0, 0.1) is 0 Å². The quantitative estimate of drug-likeness (QED) is 0.404. The molecular weight excluding hydrogens is 363 g/mol. The van der Waals surface area contributed by atoms with Crippen LogP contribution in [0.1, 0.15) is 11.7 Å². The fourth-order valence-electron chi connectivity index (χ4n) is 1.94. The summed E-state index contributed by atoms with van der Waals surface area (Å²) in [7, 11) is 1.28. The second kappa shape index (κ2) is 6.18. The smallest absolute Gasteiger partial charge is 0.328 e. The van der Waals surface area contributed by atoms with E-state index in [1.54, 1.807) is 0 Å². The maximum Gasteiger partial charge on any atom is 0.328 e. The zero-order chi connectivity index (χ0) is 13.4. The molecule has 4 radical (unpaired) electrons. The van der Waals surface area contributed by atoms with Crippen molar-refractivity contribution in [1.82, 2.24) is 9.55 Å². The Morgan fingerprint density at radius 3 is 2.53 bits per heavy atom. The molecule has 0 spiro atoms. The van der Waals surface area contributed by atoms with Gasteiger partial charge in [-0.05, 0) is 0 Å². The molecule has 0 aromatic carbocycles. The van der Waals surface area contributed by atoms with Crippen LogP contribution in [-0.2, 0) is 11.8 Å². The first kappa shape index (κ1) is 16.4. The van der Waals surface area contributed by atoms with E-state index in [-0.39, 0.29) is 29.5 Å². The van der Waals surface area contributed by atoms with Crippen molar-refractivity contribution in [3.8, 4) is 0 Å². The van der Waals surface area contributed by atoms with Crippen molar-refractivity contribution in [2.75, 3.05) is 6.61 Å². The van der Waals surface area contributed by atoms with E-state index in [4.69, 9.17) is 9.84 Å². The van der Waals surface area contributed by atoms with Crippen molar-refractivity contribution in [1.29, 1.82) is 0 Å². The molecule has 1 aromatic rings. The molecule has 1 saturated heterocycles. The first-order chi connectivity index (χ1) is 8.47. The Bertz CT molecular complexity index is 556. The Morgan fingerprint density at radius 2 is 2.00 bits per heavy atom. The van der Waals surface area contributed by atoms with E-state index in [1.807, 2.05) is 0 Å². The summed E-state index contributed by atoms with van der Waals surface area (Å²) < 4.78 is 6.05. The number of nitrogens with one attached hydrogen (secondary N) is 1. The van der Waals surface area contributed by atoms with Gasteiger partial charge >= 0.3 is 5.69 Å². The minimum Gasteiger partial charge on any atom is -0.394 e. The van der Waals surface area contributed by atoms with Crippen LogP contribution in [0.3, 0.4) is 0 Å². The van der Waals surface area contributed by atoms with E-state index in [2.05, 4.69) is 4.98 Å². The average Bonchev–Trinajstić information content (AvgIpc) is 2.64. The molecule has 1 aliphatic heterocycles. The van der Waals surface area contributed by atoms with Crippen LogP contribution < -0.4 is 11.2 Å². The predicted octanol–water partition coefficient (Wildman–Crippen LogP) is -3.15. The zero-order valence-electron chi connectivity index (χ0n) is 10.1. The fourth-order valence-corrected chi connectivity index (χ4v) is 1.94. The second-order valence-electron chi connectivity index (χ2n) is 4.17. The maximum atomic E-state index is 11.8. The van der Waals surface area contributed by atoms with Crippen LogP contribution in [-0.4, -0.2) is 73.7 Å². The molecule has 9 heteroatoms. The first-order valence-corrected chi connectivity index (χ1v) is 5.38. The van der Waals surface area contributed by atoms with Gasteiger partial charge < -0.3 is 25.0 Å². The van der Waals surface area contributed by atoms with E-state index in [0.29, 0.717) is 0 Å². The van der Waals surface area contributed by atoms with Gasteiger partial charge in [0.15, 0.2) is 0 Å². The summed E-state index contributed by atoms with van der Waals surface area (Å²) in [6.45, 7) is -0.474. The first-order valence-electron chi connectivity index (χ1n) is 5.38. The van der Waals surface area contributed by atoms with Gasteiger partial charge in [0.2, 0.25) is 0 Å². The number of aromatic nitrogens is 2. The third kappa shape index (κ3) is 2.77. The Hall–Kier alpha value is -0.681. The summed E-state index contributed by atoms with van der Waals surface area (Å²) in [4.78, 5) is 25.3. The van der Waals surface area contributed by atoms with E-state index in [0.717, 1.165) is 10.8 Å². The largest absolute Gasteiger partial charge is 0.394 e. The molecule has 19 heavy (non-hydrogen) atoms. The van der Waals surface area contributed by atoms with E-state index >= 15 is 0 Å². The maximum absolute atomic E-state index is 11.8. The number of aliphatic hydroxyl groups excluding tert-OH is 3. The monoisotopic (exact) mass is 378 g/mol. The SMILES string of the molecule is Cn1c(=O)[nH]cc([C@@H]2O[C@H](CO)[C@@H](O)[C@H]2O)c1=O.[Sn]. The van der Waals surface area contributed by atoms with Crippen molar-refractivity contribution >= 4 is 23.9 Å². The topological polar surface area (TPSA) is 125 Å². The predicted molar refractivity (Wildman–Crippen MR) is 64.8 cm³/mol. The molecule has 0 unspecified atom stereocenters. The number of aromatic amines is 1. The number of H-pyrrole nitrogens is 1. The van der Waals surface area contributed by atoms with Gasteiger partial charge in [-0.15, -0.1) is 0 Å². The van der Waals surface area contributed by atoms with E-state index in [1.165, 1.54) is 7.05 Å². The van der Waals surface area contributed by atoms with Crippen molar-refractivity contribution in [2.24, 2.45) is 7.05 Å². The van der Waals surface area contributed by atoms with Crippen molar-refractivity contribution in [3.05, 3.63) is 32.6 Å². The minimum atomic E-state index is -1.33. The third-order valence-corrected chi connectivity index (χ3v) is 3.06.